The fourth-order valence-electron chi connectivity index (χ4n) is 2.32. The average Bonchev–Trinajstić information content (AvgIpc) is 3.09. The molecule has 4 heteroatoms. The number of fused-ring (bicyclic) bond motifs is 1. The molecule has 19 heavy (non-hydrogen) atoms. The van der Waals surface area contributed by atoms with Crippen molar-refractivity contribution < 1.29 is 4.79 Å². The van der Waals surface area contributed by atoms with E-state index in [1.165, 1.54) is 10.4 Å². The van der Waals surface area contributed by atoms with E-state index in [1.54, 1.807) is 11.3 Å². The Kier molecular flexibility index (Phi) is 3.25. The van der Waals surface area contributed by atoms with E-state index in [2.05, 4.69) is 10.6 Å². The molecule has 0 spiro atoms. The van der Waals surface area contributed by atoms with E-state index in [-0.39, 0.29) is 11.9 Å². The average molecular weight is 272 g/mol. The number of amides is 1. The highest BCUT2D eigenvalue weighted by atomic mass is 32.1. The van der Waals surface area contributed by atoms with Crippen molar-refractivity contribution in [3.8, 4) is 0 Å². The van der Waals surface area contributed by atoms with Gasteiger partial charge in [0, 0.05) is 22.7 Å². The molecule has 1 aromatic heterocycles. The summed E-state index contributed by atoms with van der Waals surface area (Å²) in [5.74, 6) is -0.0163. The lowest BCUT2D eigenvalue weighted by atomic mass is 10.1. The number of carbonyl (C=O) groups excluding carboxylic acids is 1. The van der Waals surface area contributed by atoms with Crippen molar-refractivity contribution in [2.24, 2.45) is 0 Å². The van der Waals surface area contributed by atoms with Crippen LogP contribution in [-0.4, -0.2) is 12.5 Å². The molecule has 0 aliphatic carbocycles. The summed E-state index contributed by atoms with van der Waals surface area (Å²) in [5, 5.41) is 8.36. The monoisotopic (exact) mass is 272 g/mol. The molecular formula is C15H16N2OS. The summed E-state index contributed by atoms with van der Waals surface area (Å²) in [6.45, 7) is 2.97. The number of benzene rings is 1. The van der Waals surface area contributed by atoms with Crippen LogP contribution in [0.4, 0.5) is 5.69 Å². The van der Waals surface area contributed by atoms with Crippen molar-refractivity contribution in [3.63, 3.8) is 0 Å². The van der Waals surface area contributed by atoms with Crippen LogP contribution in [0.25, 0.3) is 0 Å². The topological polar surface area (TPSA) is 41.1 Å². The van der Waals surface area contributed by atoms with Gasteiger partial charge in [0.2, 0.25) is 0 Å². The molecule has 0 radical (unpaired) electrons. The van der Waals surface area contributed by atoms with Gasteiger partial charge < -0.3 is 10.6 Å². The van der Waals surface area contributed by atoms with Crippen LogP contribution >= 0.6 is 11.3 Å². The fourth-order valence-corrected chi connectivity index (χ4v) is 3.06. The van der Waals surface area contributed by atoms with Gasteiger partial charge in [0.1, 0.15) is 0 Å². The number of hydrogen-bond acceptors (Lipinski definition) is 3. The van der Waals surface area contributed by atoms with Crippen LogP contribution in [0.5, 0.6) is 0 Å². The van der Waals surface area contributed by atoms with Crippen LogP contribution < -0.4 is 10.6 Å². The molecule has 2 aromatic rings. The SMILES string of the molecule is CC(NC(=O)c1ccc2c(c1)NCC2)c1cccs1. The minimum absolute atomic E-state index is 0.0163. The van der Waals surface area contributed by atoms with Gasteiger partial charge in [0.15, 0.2) is 0 Å². The molecule has 1 aromatic carbocycles. The van der Waals surface area contributed by atoms with Crippen LogP contribution in [0.15, 0.2) is 35.7 Å². The number of rotatable bonds is 3. The number of carbonyl (C=O) groups is 1. The summed E-state index contributed by atoms with van der Waals surface area (Å²) >= 11 is 1.66. The third-order valence-electron chi connectivity index (χ3n) is 3.40. The molecule has 1 unspecified atom stereocenters. The number of hydrogen-bond donors (Lipinski definition) is 2. The highest BCUT2D eigenvalue weighted by Crippen LogP contribution is 2.24. The maximum absolute atomic E-state index is 12.2. The molecule has 3 rings (SSSR count). The Morgan fingerprint density at radius 1 is 1.42 bits per heavy atom. The standard InChI is InChI=1S/C15H16N2OS/c1-10(14-3-2-8-19-14)17-15(18)12-5-4-11-6-7-16-13(11)9-12/h2-5,8-10,16H,6-7H2,1H3,(H,17,18). The Morgan fingerprint density at radius 3 is 3.11 bits per heavy atom. The van der Waals surface area contributed by atoms with Crippen molar-refractivity contribution in [2.75, 3.05) is 11.9 Å². The Morgan fingerprint density at radius 2 is 2.32 bits per heavy atom. The first-order valence-corrected chi connectivity index (χ1v) is 7.33. The summed E-state index contributed by atoms with van der Waals surface area (Å²) in [4.78, 5) is 13.4. The normalized spacial score (nSPS) is 14.6. The van der Waals surface area contributed by atoms with Gasteiger partial charge in [-0.05, 0) is 42.5 Å². The Labute approximate surface area is 116 Å². The Balaban J connectivity index is 1.74. The minimum atomic E-state index is -0.0163. The summed E-state index contributed by atoms with van der Waals surface area (Å²) in [6, 6.07) is 9.98. The van der Waals surface area contributed by atoms with E-state index in [0.717, 1.165) is 24.2 Å². The summed E-state index contributed by atoms with van der Waals surface area (Å²) in [7, 11) is 0. The van der Waals surface area contributed by atoms with Gasteiger partial charge in [-0.25, -0.2) is 0 Å². The Hall–Kier alpha value is -1.81. The molecule has 3 nitrogen and oxygen atoms in total. The lowest BCUT2D eigenvalue weighted by Gasteiger charge is -2.12. The van der Waals surface area contributed by atoms with Gasteiger partial charge in [-0.15, -0.1) is 11.3 Å². The zero-order valence-electron chi connectivity index (χ0n) is 10.8. The lowest BCUT2D eigenvalue weighted by molar-refractivity contribution is 0.0940. The van der Waals surface area contributed by atoms with Crippen LogP contribution in [0, 0.1) is 0 Å². The molecule has 98 valence electrons. The van der Waals surface area contributed by atoms with Crippen LogP contribution in [0.2, 0.25) is 0 Å². The second-order valence-electron chi connectivity index (χ2n) is 4.76. The van der Waals surface area contributed by atoms with Gasteiger partial charge in [-0.1, -0.05) is 12.1 Å². The van der Waals surface area contributed by atoms with Gasteiger partial charge in [-0.3, -0.25) is 4.79 Å². The quantitative estimate of drug-likeness (QED) is 0.901. The van der Waals surface area contributed by atoms with E-state index >= 15 is 0 Å². The maximum Gasteiger partial charge on any atom is 0.251 e. The highest BCUT2D eigenvalue weighted by molar-refractivity contribution is 7.10. The molecule has 1 aliphatic rings. The molecule has 1 aliphatic heterocycles. The second-order valence-corrected chi connectivity index (χ2v) is 5.74. The largest absolute Gasteiger partial charge is 0.384 e. The smallest absolute Gasteiger partial charge is 0.251 e. The van der Waals surface area contributed by atoms with Gasteiger partial charge >= 0.3 is 0 Å². The van der Waals surface area contributed by atoms with Crippen molar-refractivity contribution >= 4 is 22.9 Å². The minimum Gasteiger partial charge on any atom is -0.384 e. The highest BCUT2D eigenvalue weighted by Gasteiger charge is 2.15. The maximum atomic E-state index is 12.2. The summed E-state index contributed by atoms with van der Waals surface area (Å²) in [5.41, 5.74) is 3.11. The lowest BCUT2D eigenvalue weighted by Crippen LogP contribution is -2.26. The first kappa shape index (κ1) is 12.2. The summed E-state index contributed by atoms with van der Waals surface area (Å²) in [6.07, 6.45) is 1.04. The first-order chi connectivity index (χ1) is 9.24. The van der Waals surface area contributed by atoms with Crippen LogP contribution in [0.1, 0.15) is 33.8 Å². The van der Waals surface area contributed by atoms with Gasteiger partial charge in [0.05, 0.1) is 6.04 Å². The number of anilines is 1. The predicted molar refractivity (Wildman–Crippen MR) is 78.8 cm³/mol. The molecule has 0 saturated carbocycles. The molecule has 0 bridgehead atoms. The molecule has 0 fully saturated rings. The predicted octanol–water partition coefficient (Wildman–Crippen LogP) is 3.21. The van der Waals surface area contributed by atoms with Gasteiger partial charge in [0.25, 0.3) is 5.91 Å². The first-order valence-electron chi connectivity index (χ1n) is 6.45. The zero-order valence-corrected chi connectivity index (χ0v) is 11.6. The third-order valence-corrected chi connectivity index (χ3v) is 4.45. The van der Waals surface area contributed by atoms with E-state index in [1.807, 2.05) is 42.6 Å². The van der Waals surface area contributed by atoms with E-state index in [4.69, 9.17) is 0 Å². The van der Waals surface area contributed by atoms with Crippen LogP contribution in [0.3, 0.4) is 0 Å². The molecule has 2 N–H and O–H groups in total. The third kappa shape index (κ3) is 2.49. The van der Waals surface area contributed by atoms with E-state index in [0.29, 0.717) is 0 Å². The molecular weight excluding hydrogens is 256 g/mol. The van der Waals surface area contributed by atoms with E-state index in [9.17, 15) is 4.79 Å². The number of thiophene rings is 1. The fraction of sp³-hybridized carbons (Fsp3) is 0.267. The van der Waals surface area contributed by atoms with E-state index < -0.39 is 0 Å². The summed E-state index contributed by atoms with van der Waals surface area (Å²) < 4.78 is 0. The molecule has 1 atom stereocenters. The van der Waals surface area contributed by atoms with Gasteiger partial charge in [-0.2, -0.15) is 0 Å². The van der Waals surface area contributed by atoms with Crippen molar-refractivity contribution in [1.29, 1.82) is 0 Å². The second kappa shape index (κ2) is 5.05. The molecule has 1 amide bonds. The van der Waals surface area contributed by atoms with Crippen molar-refractivity contribution in [3.05, 3.63) is 51.7 Å². The van der Waals surface area contributed by atoms with Crippen LogP contribution in [-0.2, 0) is 6.42 Å². The van der Waals surface area contributed by atoms with Crippen molar-refractivity contribution in [1.82, 2.24) is 5.32 Å². The Bertz CT molecular complexity index is 592. The molecule has 2 heterocycles. The number of nitrogens with one attached hydrogen (secondary N) is 2. The van der Waals surface area contributed by atoms with Crippen molar-refractivity contribution in [2.45, 2.75) is 19.4 Å². The zero-order chi connectivity index (χ0) is 13.2. The molecule has 0 saturated heterocycles.